The highest BCUT2D eigenvalue weighted by molar-refractivity contribution is 5.97. The highest BCUT2D eigenvalue weighted by Crippen LogP contribution is 2.34. The van der Waals surface area contributed by atoms with E-state index in [2.05, 4.69) is 46.1 Å². The smallest absolute Gasteiger partial charge is 0.227 e. The summed E-state index contributed by atoms with van der Waals surface area (Å²) in [7, 11) is 2.18. The number of fused-ring (bicyclic) bond motifs is 1. The van der Waals surface area contributed by atoms with E-state index in [9.17, 15) is 0 Å². The monoisotopic (exact) mass is 333 g/mol. The molecule has 3 aromatic rings. The summed E-state index contributed by atoms with van der Waals surface area (Å²) in [6.45, 7) is 6.30. The van der Waals surface area contributed by atoms with Gasteiger partial charge in [-0.1, -0.05) is 24.3 Å². The maximum atomic E-state index is 6.09. The molecule has 1 aliphatic heterocycles. The van der Waals surface area contributed by atoms with Gasteiger partial charge in [-0.2, -0.15) is 0 Å². The quantitative estimate of drug-likeness (QED) is 0.722. The van der Waals surface area contributed by atoms with Gasteiger partial charge >= 0.3 is 0 Å². The molecule has 0 bridgehead atoms. The Labute approximate surface area is 148 Å². The number of hydrogen-bond donors (Lipinski definition) is 0. The molecule has 0 spiro atoms. The molecule has 0 aliphatic carbocycles. The minimum Gasteiger partial charge on any atom is -0.438 e. The number of piperazine rings is 1. The molecule has 128 valence electrons. The lowest BCUT2D eigenvalue weighted by molar-refractivity contribution is 0.313. The van der Waals surface area contributed by atoms with Gasteiger partial charge in [-0.15, -0.1) is 0 Å². The van der Waals surface area contributed by atoms with Gasteiger partial charge in [-0.05, 0) is 44.3 Å². The normalized spacial score (nSPS) is 15.5. The Morgan fingerprint density at radius 2 is 1.64 bits per heavy atom. The molecular weight excluding hydrogens is 310 g/mol. The minimum absolute atomic E-state index is 0.678. The van der Waals surface area contributed by atoms with Crippen LogP contribution in [-0.4, -0.2) is 43.1 Å². The first-order chi connectivity index (χ1) is 12.2. The molecule has 2 aromatic carbocycles. The largest absolute Gasteiger partial charge is 0.438 e. The molecule has 1 aromatic heterocycles. The van der Waals surface area contributed by atoms with E-state index < -0.39 is 0 Å². The second kappa shape index (κ2) is 6.73. The van der Waals surface area contributed by atoms with Crippen molar-refractivity contribution in [2.24, 2.45) is 0 Å². The van der Waals surface area contributed by atoms with E-state index >= 15 is 0 Å². The van der Waals surface area contributed by atoms with Gasteiger partial charge in [-0.3, -0.25) is 0 Å². The second-order valence-electron chi connectivity index (χ2n) is 6.65. The molecular formula is C21H23N3O. The van der Waals surface area contributed by atoms with Gasteiger partial charge in [0.2, 0.25) is 5.88 Å². The fraction of sp³-hybridized carbons (Fsp3) is 0.286. The van der Waals surface area contributed by atoms with E-state index in [0.29, 0.717) is 5.88 Å². The van der Waals surface area contributed by atoms with Crippen LogP contribution in [0.5, 0.6) is 11.6 Å². The van der Waals surface area contributed by atoms with Crippen LogP contribution in [0.4, 0.5) is 5.69 Å². The molecule has 4 heteroatoms. The summed E-state index contributed by atoms with van der Waals surface area (Å²) in [5.41, 5.74) is 2.24. The van der Waals surface area contributed by atoms with Gasteiger partial charge in [0.05, 0.1) is 0 Å². The lowest BCUT2D eigenvalue weighted by Crippen LogP contribution is -2.44. The third-order valence-electron chi connectivity index (χ3n) is 4.75. The fourth-order valence-corrected chi connectivity index (χ4v) is 3.35. The molecule has 0 N–H and O–H groups in total. The summed E-state index contributed by atoms with van der Waals surface area (Å²) in [6.07, 6.45) is 0. The van der Waals surface area contributed by atoms with Crippen molar-refractivity contribution in [3.63, 3.8) is 0 Å². The maximum absolute atomic E-state index is 6.09. The van der Waals surface area contributed by atoms with Crippen LogP contribution in [0.25, 0.3) is 10.8 Å². The van der Waals surface area contributed by atoms with E-state index in [1.165, 1.54) is 11.1 Å². The standard InChI is InChI=1S/C21H23N3O/c1-16-15-19-18(21(22-16)25-17-7-4-3-5-8-17)9-6-10-20(19)24-13-11-23(2)12-14-24/h3-10,15H,11-14H2,1-2H3. The third kappa shape index (κ3) is 3.30. The van der Waals surface area contributed by atoms with Gasteiger partial charge < -0.3 is 14.5 Å². The zero-order chi connectivity index (χ0) is 17.2. The molecule has 4 nitrogen and oxygen atoms in total. The Hall–Kier alpha value is -2.59. The van der Waals surface area contributed by atoms with Crippen molar-refractivity contribution >= 4 is 16.5 Å². The summed E-state index contributed by atoms with van der Waals surface area (Å²) >= 11 is 0. The number of anilines is 1. The third-order valence-corrected chi connectivity index (χ3v) is 4.75. The number of pyridine rings is 1. The maximum Gasteiger partial charge on any atom is 0.227 e. The van der Waals surface area contributed by atoms with Crippen molar-refractivity contribution in [3.05, 3.63) is 60.3 Å². The molecule has 0 saturated carbocycles. The first kappa shape index (κ1) is 15.9. The van der Waals surface area contributed by atoms with Crippen molar-refractivity contribution in [1.82, 2.24) is 9.88 Å². The number of nitrogens with zero attached hydrogens (tertiary/aromatic N) is 3. The van der Waals surface area contributed by atoms with Crippen LogP contribution in [0.1, 0.15) is 5.69 Å². The Morgan fingerprint density at radius 3 is 2.40 bits per heavy atom. The topological polar surface area (TPSA) is 28.6 Å². The number of aromatic nitrogens is 1. The summed E-state index contributed by atoms with van der Waals surface area (Å²) in [5, 5.41) is 2.27. The van der Waals surface area contributed by atoms with Gasteiger partial charge in [0.25, 0.3) is 0 Å². The number of ether oxygens (including phenoxy) is 1. The second-order valence-corrected chi connectivity index (χ2v) is 6.65. The first-order valence-electron chi connectivity index (χ1n) is 8.77. The average molecular weight is 333 g/mol. The lowest BCUT2D eigenvalue weighted by atomic mass is 10.1. The van der Waals surface area contributed by atoms with E-state index in [1.54, 1.807) is 0 Å². The average Bonchev–Trinajstić information content (AvgIpc) is 2.63. The molecule has 0 atom stereocenters. The van der Waals surface area contributed by atoms with Crippen molar-refractivity contribution in [2.45, 2.75) is 6.92 Å². The summed E-state index contributed by atoms with van der Waals surface area (Å²) in [5.74, 6) is 1.49. The Morgan fingerprint density at radius 1 is 0.880 bits per heavy atom. The molecule has 0 radical (unpaired) electrons. The zero-order valence-corrected chi connectivity index (χ0v) is 14.8. The van der Waals surface area contributed by atoms with Crippen molar-refractivity contribution in [3.8, 4) is 11.6 Å². The Balaban J connectivity index is 1.77. The van der Waals surface area contributed by atoms with Crippen LogP contribution >= 0.6 is 0 Å². The molecule has 1 fully saturated rings. The van der Waals surface area contributed by atoms with E-state index in [4.69, 9.17) is 4.74 Å². The summed E-state index contributed by atoms with van der Waals surface area (Å²) < 4.78 is 6.09. The van der Waals surface area contributed by atoms with Gasteiger partial charge in [0, 0.05) is 48.3 Å². The van der Waals surface area contributed by atoms with E-state index in [0.717, 1.165) is 43.0 Å². The van der Waals surface area contributed by atoms with Crippen LogP contribution in [0.3, 0.4) is 0 Å². The number of hydrogen-bond acceptors (Lipinski definition) is 4. The number of benzene rings is 2. The SMILES string of the molecule is Cc1cc2c(N3CCN(C)CC3)cccc2c(Oc2ccccc2)n1. The minimum atomic E-state index is 0.678. The highest BCUT2D eigenvalue weighted by Gasteiger charge is 2.18. The van der Waals surface area contributed by atoms with Crippen molar-refractivity contribution in [1.29, 1.82) is 0 Å². The Kier molecular flexibility index (Phi) is 4.28. The Bertz CT molecular complexity index is 871. The predicted octanol–water partition coefficient (Wildman–Crippen LogP) is 4.09. The summed E-state index contributed by atoms with van der Waals surface area (Å²) in [6, 6.07) is 18.4. The lowest BCUT2D eigenvalue weighted by Gasteiger charge is -2.34. The van der Waals surface area contributed by atoms with Crippen LogP contribution in [0.15, 0.2) is 54.6 Å². The number of aryl methyl sites for hydroxylation is 1. The number of rotatable bonds is 3. The van der Waals surface area contributed by atoms with Gasteiger partial charge in [-0.25, -0.2) is 4.98 Å². The number of likely N-dealkylation sites (N-methyl/N-ethyl adjacent to an activating group) is 1. The van der Waals surface area contributed by atoms with Crippen LogP contribution < -0.4 is 9.64 Å². The first-order valence-corrected chi connectivity index (χ1v) is 8.77. The molecule has 0 amide bonds. The molecule has 25 heavy (non-hydrogen) atoms. The fourth-order valence-electron chi connectivity index (χ4n) is 3.35. The van der Waals surface area contributed by atoms with Crippen LogP contribution in [0.2, 0.25) is 0 Å². The number of para-hydroxylation sites is 1. The molecule has 4 rings (SSSR count). The van der Waals surface area contributed by atoms with Crippen LogP contribution in [0, 0.1) is 6.92 Å². The highest BCUT2D eigenvalue weighted by atomic mass is 16.5. The predicted molar refractivity (Wildman–Crippen MR) is 103 cm³/mol. The zero-order valence-electron chi connectivity index (χ0n) is 14.8. The van der Waals surface area contributed by atoms with Crippen molar-refractivity contribution < 1.29 is 4.74 Å². The van der Waals surface area contributed by atoms with Crippen LogP contribution in [-0.2, 0) is 0 Å². The molecule has 2 heterocycles. The summed E-state index contributed by atoms with van der Waals surface area (Å²) in [4.78, 5) is 9.49. The molecule has 1 saturated heterocycles. The van der Waals surface area contributed by atoms with E-state index in [-0.39, 0.29) is 0 Å². The van der Waals surface area contributed by atoms with Gasteiger partial charge in [0.15, 0.2) is 0 Å². The van der Waals surface area contributed by atoms with Crippen molar-refractivity contribution in [2.75, 3.05) is 38.1 Å². The molecule has 0 unspecified atom stereocenters. The molecule has 1 aliphatic rings. The van der Waals surface area contributed by atoms with E-state index in [1.807, 2.05) is 37.3 Å². The van der Waals surface area contributed by atoms with Gasteiger partial charge in [0.1, 0.15) is 5.75 Å².